The van der Waals surface area contributed by atoms with E-state index in [9.17, 15) is 22.4 Å². The number of alkyl halides is 3. The van der Waals surface area contributed by atoms with Crippen LogP contribution in [0.3, 0.4) is 0 Å². The molecule has 0 fully saturated rings. The molecule has 1 aromatic rings. The van der Waals surface area contributed by atoms with Crippen LogP contribution < -0.4 is 5.32 Å². The molecule has 0 heterocycles. The molecule has 0 saturated heterocycles. The highest BCUT2D eigenvalue weighted by molar-refractivity contribution is 5.77. The van der Waals surface area contributed by atoms with Crippen LogP contribution in [0.4, 0.5) is 17.6 Å². The summed E-state index contributed by atoms with van der Waals surface area (Å²) in [4.78, 5) is 11.7. The molecule has 1 N–H and O–H groups in total. The molecule has 20 heavy (non-hydrogen) atoms. The molecule has 0 amide bonds. The Morgan fingerprint density at radius 3 is 2.60 bits per heavy atom. The van der Waals surface area contributed by atoms with Gasteiger partial charge in [-0.15, -0.1) is 0 Å². The van der Waals surface area contributed by atoms with Crippen LogP contribution in [0.25, 0.3) is 0 Å². The highest BCUT2D eigenvalue weighted by Gasteiger charge is 2.32. The van der Waals surface area contributed by atoms with E-state index in [2.05, 4.69) is 4.74 Å². The van der Waals surface area contributed by atoms with Crippen molar-refractivity contribution in [3.8, 4) is 0 Å². The minimum atomic E-state index is -4.51. The molecule has 1 unspecified atom stereocenters. The fourth-order valence-corrected chi connectivity index (χ4v) is 1.65. The number of esters is 1. The van der Waals surface area contributed by atoms with Gasteiger partial charge in [0.1, 0.15) is 11.9 Å². The van der Waals surface area contributed by atoms with Gasteiger partial charge in [0, 0.05) is 5.56 Å². The molecule has 0 radical (unpaired) electrons. The van der Waals surface area contributed by atoms with Crippen LogP contribution in [0.1, 0.15) is 24.1 Å². The van der Waals surface area contributed by atoms with Crippen LogP contribution in [0, 0.1) is 12.7 Å². The van der Waals surface area contributed by atoms with E-state index in [1.165, 1.54) is 19.1 Å². The van der Waals surface area contributed by atoms with E-state index in [0.29, 0.717) is 5.56 Å². The number of halogens is 4. The second-order valence-electron chi connectivity index (χ2n) is 4.21. The van der Waals surface area contributed by atoms with E-state index < -0.39 is 30.5 Å². The lowest BCUT2D eigenvalue weighted by atomic mass is 10.0. The van der Waals surface area contributed by atoms with Gasteiger partial charge in [-0.05, 0) is 19.9 Å². The fourth-order valence-electron chi connectivity index (χ4n) is 1.65. The van der Waals surface area contributed by atoms with Gasteiger partial charge in [0.25, 0.3) is 0 Å². The summed E-state index contributed by atoms with van der Waals surface area (Å²) in [5.74, 6) is -1.70. The van der Waals surface area contributed by atoms with Gasteiger partial charge in [-0.1, -0.05) is 17.7 Å². The molecule has 3 nitrogen and oxygen atoms in total. The Kier molecular flexibility index (Phi) is 5.50. The van der Waals surface area contributed by atoms with Crippen molar-refractivity contribution in [2.75, 3.05) is 13.2 Å². The molecule has 0 aliphatic rings. The Hall–Kier alpha value is -1.63. The van der Waals surface area contributed by atoms with Gasteiger partial charge in [0.15, 0.2) is 0 Å². The predicted molar refractivity (Wildman–Crippen MR) is 64.6 cm³/mol. The molecule has 0 aliphatic carbocycles. The number of hydrogen-bond donors (Lipinski definition) is 1. The number of carbonyl (C=O) groups excluding carboxylic acids is 1. The largest absolute Gasteiger partial charge is 0.465 e. The Bertz CT molecular complexity index is 474. The first-order valence-electron chi connectivity index (χ1n) is 5.97. The van der Waals surface area contributed by atoms with Crippen molar-refractivity contribution < 1.29 is 27.1 Å². The lowest BCUT2D eigenvalue weighted by Gasteiger charge is -2.19. The average Bonchev–Trinajstić information content (AvgIpc) is 2.32. The van der Waals surface area contributed by atoms with Crippen LogP contribution in [0.15, 0.2) is 18.2 Å². The standard InChI is InChI=1S/C13H15F4NO2/c1-3-20-12(19)11(18-7-13(15,16)17)9-6-8(2)4-5-10(9)14/h4-6,11,18H,3,7H2,1-2H3. The highest BCUT2D eigenvalue weighted by Crippen LogP contribution is 2.22. The lowest BCUT2D eigenvalue weighted by Crippen LogP contribution is -2.37. The van der Waals surface area contributed by atoms with Crippen molar-refractivity contribution in [3.05, 3.63) is 35.1 Å². The first kappa shape index (κ1) is 16.4. The lowest BCUT2D eigenvalue weighted by molar-refractivity contribution is -0.149. The minimum absolute atomic E-state index is 0.00351. The molecule has 112 valence electrons. The molecule has 1 aromatic carbocycles. The zero-order chi connectivity index (χ0) is 15.3. The molecule has 0 aromatic heterocycles. The van der Waals surface area contributed by atoms with Crippen molar-refractivity contribution in [1.82, 2.24) is 5.32 Å². The number of nitrogens with one attached hydrogen (secondary N) is 1. The molecular weight excluding hydrogens is 278 g/mol. The first-order valence-corrected chi connectivity index (χ1v) is 5.97. The number of rotatable bonds is 5. The summed E-state index contributed by atoms with van der Waals surface area (Å²) in [6, 6.07) is 2.40. The van der Waals surface area contributed by atoms with Crippen LogP contribution in [-0.2, 0) is 9.53 Å². The van der Waals surface area contributed by atoms with Crippen LogP contribution in [0.5, 0.6) is 0 Å². The van der Waals surface area contributed by atoms with Gasteiger partial charge < -0.3 is 4.74 Å². The maximum absolute atomic E-state index is 13.7. The SMILES string of the molecule is CCOC(=O)C(NCC(F)(F)F)c1cc(C)ccc1F. The highest BCUT2D eigenvalue weighted by atomic mass is 19.4. The summed E-state index contributed by atoms with van der Waals surface area (Å²) in [7, 11) is 0. The number of ether oxygens (including phenoxy) is 1. The monoisotopic (exact) mass is 293 g/mol. The van der Waals surface area contributed by atoms with Crippen LogP contribution in [-0.4, -0.2) is 25.3 Å². The Morgan fingerprint density at radius 2 is 2.05 bits per heavy atom. The van der Waals surface area contributed by atoms with Crippen molar-refractivity contribution in [2.45, 2.75) is 26.1 Å². The minimum Gasteiger partial charge on any atom is -0.465 e. The Balaban J connectivity index is 3.03. The fraction of sp³-hybridized carbons (Fsp3) is 0.462. The van der Waals surface area contributed by atoms with Crippen LogP contribution in [0.2, 0.25) is 0 Å². The first-order chi connectivity index (χ1) is 9.24. The summed E-state index contributed by atoms with van der Waals surface area (Å²) >= 11 is 0. The third kappa shape index (κ3) is 4.80. The predicted octanol–water partition coefficient (Wildman–Crippen LogP) is 2.89. The number of benzene rings is 1. The molecule has 1 atom stereocenters. The van der Waals surface area contributed by atoms with Gasteiger partial charge in [0.2, 0.25) is 0 Å². The van der Waals surface area contributed by atoms with Crippen molar-refractivity contribution in [3.63, 3.8) is 0 Å². The van der Waals surface area contributed by atoms with Gasteiger partial charge in [0.05, 0.1) is 13.2 Å². The molecule has 7 heteroatoms. The van der Waals surface area contributed by atoms with E-state index in [-0.39, 0.29) is 12.2 Å². The summed E-state index contributed by atoms with van der Waals surface area (Å²) in [5.41, 5.74) is 0.470. The van der Waals surface area contributed by atoms with E-state index in [0.717, 1.165) is 6.07 Å². The normalized spacial score (nSPS) is 13.1. The molecule has 1 rings (SSSR count). The van der Waals surface area contributed by atoms with E-state index in [4.69, 9.17) is 0 Å². The van der Waals surface area contributed by atoms with Crippen molar-refractivity contribution >= 4 is 5.97 Å². The van der Waals surface area contributed by atoms with E-state index in [1.807, 2.05) is 5.32 Å². The maximum atomic E-state index is 13.7. The summed E-state index contributed by atoms with van der Waals surface area (Å²) in [6.45, 7) is 1.75. The third-order valence-electron chi connectivity index (χ3n) is 2.49. The zero-order valence-electron chi connectivity index (χ0n) is 11.1. The van der Waals surface area contributed by atoms with Gasteiger partial charge in [-0.2, -0.15) is 13.2 Å². The number of aryl methyl sites for hydroxylation is 1. The molecule has 0 saturated carbocycles. The van der Waals surface area contributed by atoms with Crippen molar-refractivity contribution in [2.24, 2.45) is 0 Å². The van der Waals surface area contributed by atoms with Gasteiger partial charge in [-0.25, -0.2) is 9.18 Å². The molecule has 0 bridgehead atoms. The number of carbonyl (C=O) groups is 1. The van der Waals surface area contributed by atoms with Gasteiger partial charge in [-0.3, -0.25) is 5.32 Å². The second kappa shape index (κ2) is 6.69. The molecule has 0 aliphatic heterocycles. The van der Waals surface area contributed by atoms with Crippen LogP contribution >= 0.6 is 0 Å². The van der Waals surface area contributed by atoms with Gasteiger partial charge >= 0.3 is 12.1 Å². The topological polar surface area (TPSA) is 38.3 Å². The average molecular weight is 293 g/mol. The summed E-state index contributed by atoms with van der Waals surface area (Å²) in [6.07, 6.45) is -4.51. The van der Waals surface area contributed by atoms with E-state index in [1.54, 1.807) is 6.92 Å². The smallest absolute Gasteiger partial charge is 0.401 e. The number of hydrogen-bond acceptors (Lipinski definition) is 3. The van der Waals surface area contributed by atoms with E-state index >= 15 is 0 Å². The Labute approximate surface area is 113 Å². The summed E-state index contributed by atoms with van der Waals surface area (Å²) < 4.78 is 55.2. The van der Waals surface area contributed by atoms with Crippen molar-refractivity contribution in [1.29, 1.82) is 0 Å². The third-order valence-corrected chi connectivity index (χ3v) is 2.49. The zero-order valence-corrected chi connectivity index (χ0v) is 11.1. The molecular formula is C13H15F4NO2. The second-order valence-corrected chi connectivity index (χ2v) is 4.21. The summed E-state index contributed by atoms with van der Waals surface area (Å²) in [5, 5.41) is 1.99. The maximum Gasteiger partial charge on any atom is 0.401 e. The molecule has 0 spiro atoms. The quantitative estimate of drug-likeness (QED) is 0.670. The Morgan fingerprint density at radius 1 is 1.40 bits per heavy atom.